The molecule has 0 radical (unpaired) electrons. The molecule has 4 rings (SSSR count). The van der Waals surface area contributed by atoms with Crippen LogP contribution in [0.15, 0.2) is 4.99 Å². The van der Waals surface area contributed by atoms with Crippen LogP contribution >= 0.6 is 0 Å². The van der Waals surface area contributed by atoms with Crippen molar-refractivity contribution in [1.82, 2.24) is 14.9 Å². The van der Waals surface area contributed by atoms with E-state index in [0.29, 0.717) is 41.2 Å². The van der Waals surface area contributed by atoms with Crippen molar-refractivity contribution in [2.45, 2.75) is 62.2 Å². The maximum Gasteiger partial charge on any atom is 0.511 e. The number of hydrogen-bond acceptors (Lipinski definition) is 4. The van der Waals surface area contributed by atoms with Crippen molar-refractivity contribution >= 4 is 16.0 Å². The van der Waals surface area contributed by atoms with Gasteiger partial charge in [-0.25, -0.2) is 8.42 Å². The molecular formula is C17H27F3N4O3S. The number of sulfonamides is 1. The van der Waals surface area contributed by atoms with E-state index in [-0.39, 0.29) is 24.5 Å². The quantitative estimate of drug-likeness (QED) is 0.529. The van der Waals surface area contributed by atoms with Crippen LogP contribution in [0.1, 0.15) is 38.5 Å². The van der Waals surface area contributed by atoms with Gasteiger partial charge >= 0.3 is 15.5 Å². The number of aliphatic imine (C=N–C) groups is 1. The number of piperidine rings is 1. The molecule has 1 spiro atoms. The minimum atomic E-state index is -5.25. The summed E-state index contributed by atoms with van der Waals surface area (Å²) < 4.78 is 67.6. The summed E-state index contributed by atoms with van der Waals surface area (Å²) in [4.78, 5) is 4.29. The van der Waals surface area contributed by atoms with Gasteiger partial charge in [0.1, 0.15) is 0 Å². The molecule has 0 bridgehead atoms. The molecule has 0 aromatic heterocycles. The molecule has 2 aliphatic heterocycles. The number of alkyl halides is 3. The Morgan fingerprint density at radius 2 is 1.86 bits per heavy atom. The maximum absolute atomic E-state index is 12.7. The van der Waals surface area contributed by atoms with Gasteiger partial charge in [-0.2, -0.15) is 17.5 Å². The second kappa shape index (κ2) is 7.02. The number of hydrogen-bond donors (Lipinski definition) is 2. The zero-order valence-electron chi connectivity index (χ0n) is 15.8. The molecule has 2 saturated carbocycles. The molecule has 0 aromatic carbocycles. The van der Waals surface area contributed by atoms with Gasteiger partial charge in [0.25, 0.3) is 0 Å². The first-order valence-electron chi connectivity index (χ1n) is 9.87. The highest BCUT2D eigenvalue weighted by molar-refractivity contribution is 7.90. The molecule has 3 unspecified atom stereocenters. The number of nitrogens with zero attached hydrogens (tertiary/aromatic N) is 2. The second-order valence-electron chi connectivity index (χ2n) is 8.29. The molecule has 28 heavy (non-hydrogen) atoms. The van der Waals surface area contributed by atoms with Crippen molar-refractivity contribution in [3.63, 3.8) is 0 Å². The third kappa shape index (κ3) is 3.09. The number of nitrogens with one attached hydrogen (secondary N) is 2. The molecule has 3 atom stereocenters. The molecule has 4 fully saturated rings. The Balaban J connectivity index is 1.32. The van der Waals surface area contributed by atoms with E-state index in [1.165, 1.54) is 6.42 Å². The number of fused-ring (bicyclic) bond motifs is 2. The summed E-state index contributed by atoms with van der Waals surface area (Å²) in [7, 11) is -3.57. The first kappa shape index (κ1) is 20.2. The Morgan fingerprint density at radius 3 is 2.39 bits per heavy atom. The van der Waals surface area contributed by atoms with Gasteiger partial charge in [-0.05, 0) is 32.1 Å². The van der Waals surface area contributed by atoms with E-state index in [4.69, 9.17) is 4.74 Å². The average molecular weight is 424 g/mol. The highest BCUT2D eigenvalue weighted by Gasteiger charge is 2.66. The molecular weight excluding hydrogens is 397 g/mol. The topological polar surface area (TPSA) is 83.0 Å². The monoisotopic (exact) mass is 424 g/mol. The highest BCUT2D eigenvalue weighted by atomic mass is 32.2. The molecule has 160 valence electrons. The summed E-state index contributed by atoms with van der Waals surface area (Å²) in [6, 6.07) is 0.199. The van der Waals surface area contributed by atoms with Crippen molar-refractivity contribution in [3.8, 4) is 0 Å². The molecule has 2 N–H and O–H groups in total. The zero-order valence-corrected chi connectivity index (χ0v) is 16.7. The minimum absolute atomic E-state index is 0.112. The van der Waals surface area contributed by atoms with Crippen molar-refractivity contribution in [3.05, 3.63) is 0 Å². The van der Waals surface area contributed by atoms with Gasteiger partial charge in [-0.1, -0.05) is 6.42 Å². The lowest BCUT2D eigenvalue weighted by molar-refractivity contribution is -0.171. The van der Waals surface area contributed by atoms with Crippen LogP contribution in [0.2, 0.25) is 0 Å². The van der Waals surface area contributed by atoms with Crippen LogP contribution in [0.3, 0.4) is 0 Å². The Kier molecular flexibility index (Phi) is 5.06. The Morgan fingerprint density at radius 1 is 1.18 bits per heavy atom. The molecule has 2 aliphatic carbocycles. The average Bonchev–Trinajstić information content (AvgIpc) is 3.01. The number of halogens is 3. The van der Waals surface area contributed by atoms with Crippen molar-refractivity contribution in [1.29, 1.82) is 0 Å². The maximum atomic E-state index is 12.7. The van der Waals surface area contributed by atoms with Crippen LogP contribution in [-0.2, 0) is 14.8 Å². The third-order valence-electron chi connectivity index (χ3n) is 6.98. The third-order valence-corrected chi connectivity index (χ3v) is 8.61. The summed E-state index contributed by atoms with van der Waals surface area (Å²) in [5.74, 6) is 1.12. The van der Waals surface area contributed by atoms with E-state index in [0.717, 1.165) is 25.9 Å². The van der Waals surface area contributed by atoms with E-state index in [1.54, 1.807) is 7.05 Å². The van der Waals surface area contributed by atoms with Gasteiger partial charge < -0.3 is 15.4 Å². The molecule has 11 heteroatoms. The van der Waals surface area contributed by atoms with Crippen LogP contribution in [-0.4, -0.2) is 69.1 Å². The van der Waals surface area contributed by atoms with Crippen molar-refractivity contribution < 1.29 is 26.3 Å². The Labute approximate surface area is 163 Å². The summed E-state index contributed by atoms with van der Waals surface area (Å²) in [5, 5.41) is 6.80. The largest absolute Gasteiger partial charge is 0.511 e. The Hall–Kier alpha value is -1.07. The van der Waals surface area contributed by atoms with Crippen LogP contribution < -0.4 is 10.6 Å². The van der Waals surface area contributed by atoms with Gasteiger partial charge in [-0.15, -0.1) is 0 Å². The van der Waals surface area contributed by atoms with Gasteiger partial charge in [0.05, 0.1) is 6.10 Å². The molecule has 2 heterocycles. The molecule has 0 aromatic rings. The number of rotatable bonds is 3. The summed E-state index contributed by atoms with van der Waals surface area (Å²) in [5.41, 5.74) is -5.05. The van der Waals surface area contributed by atoms with Gasteiger partial charge in [0.15, 0.2) is 5.96 Å². The SMILES string of the molecule is CN=C(NC1CCN(S(=O)(=O)C(F)(F)F)CC1)NC1C2CCOC2C12CCC2. The number of ether oxygens (including phenoxy) is 1. The smallest absolute Gasteiger partial charge is 0.377 e. The lowest BCUT2D eigenvalue weighted by atomic mass is 9.46. The summed E-state index contributed by atoms with van der Waals surface area (Å²) in [6.45, 7) is 0.498. The van der Waals surface area contributed by atoms with Crippen LogP contribution in [0.4, 0.5) is 13.2 Å². The lowest BCUT2D eigenvalue weighted by Gasteiger charge is -2.63. The molecule has 2 saturated heterocycles. The fourth-order valence-corrected chi connectivity index (χ4v) is 6.34. The predicted octanol–water partition coefficient (Wildman–Crippen LogP) is 1.42. The molecule has 7 nitrogen and oxygen atoms in total. The van der Waals surface area contributed by atoms with Gasteiger partial charge in [0.2, 0.25) is 0 Å². The fourth-order valence-electron chi connectivity index (χ4n) is 5.35. The van der Waals surface area contributed by atoms with Gasteiger partial charge in [0, 0.05) is 50.2 Å². The summed E-state index contributed by atoms with van der Waals surface area (Å²) in [6.07, 6.45) is 5.50. The second-order valence-corrected chi connectivity index (χ2v) is 10.2. The van der Waals surface area contributed by atoms with Crippen molar-refractivity contribution in [2.75, 3.05) is 26.7 Å². The number of guanidine groups is 1. The zero-order chi connectivity index (χ0) is 20.2. The molecule has 4 aliphatic rings. The van der Waals surface area contributed by atoms with Crippen LogP contribution in [0.5, 0.6) is 0 Å². The minimum Gasteiger partial charge on any atom is -0.377 e. The van der Waals surface area contributed by atoms with E-state index in [9.17, 15) is 21.6 Å². The predicted molar refractivity (Wildman–Crippen MR) is 97.1 cm³/mol. The standard InChI is InChI=1S/C17H27F3N4O3S/c1-21-15(23-13-12-5-10-27-14(12)16(13)6-2-7-16)22-11-3-8-24(9-4-11)28(25,26)17(18,19)20/h11-14H,2-10H2,1H3,(H2,21,22,23). The van der Waals surface area contributed by atoms with E-state index in [1.807, 2.05) is 0 Å². The normalized spacial score (nSPS) is 33.9. The highest BCUT2D eigenvalue weighted by Crippen LogP contribution is 2.62. The van der Waals surface area contributed by atoms with Crippen LogP contribution in [0, 0.1) is 11.3 Å². The first-order valence-corrected chi connectivity index (χ1v) is 11.3. The first-order chi connectivity index (χ1) is 13.2. The molecule has 0 amide bonds. The van der Waals surface area contributed by atoms with E-state index < -0.39 is 15.5 Å². The van der Waals surface area contributed by atoms with E-state index in [2.05, 4.69) is 15.6 Å². The van der Waals surface area contributed by atoms with Crippen molar-refractivity contribution in [2.24, 2.45) is 16.3 Å². The van der Waals surface area contributed by atoms with E-state index >= 15 is 0 Å². The fraction of sp³-hybridized carbons (Fsp3) is 0.941. The lowest BCUT2D eigenvalue weighted by Crippen LogP contribution is -2.72. The van der Waals surface area contributed by atoms with Crippen LogP contribution in [0.25, 0.3) is 0 Å². The Bertz CT molecular complexity index is 730. The van der Waals surface area contributed by atoms with Gasteiger partial charge in [-0.3, -0.25) is 4.99 Å². The summed E-state index contributed by atoms with van der Waals surface area (Å²) >= 11 is 0.